The number of aliphatic hydroxyl groups is 10. The van der Waals surface area contributed by atoms with Gasteiger partial charge in [-0.25, -0.2) is 0 Å². The molecule has 0 bridgehead atoms. The van der Waals surface area contributed by atoms with E-state index in [4.69, 9.17) is 23.7 Å². The third kappa shape index (κ3) is 5.38. The summed E-state index contributed by atoms with van der Waals surface area (Å²) in [6.07, 6.45) is -22.0. The Morgan fingerprint density at radius 1 is 0.531 bits per heavy atom. The Kier molecular flexibility index (Phi) is 8.75. The molecule has 3 aliphatic rings. The molecule has 3 fully saturated rings. The molecule has 0 aromatic carbocycles. The maximum atomic E-state index is 10.2. The molecule has 3 rings (SSSR count). The van der Waals surface area contributed by atoms with Gasteiger partial charge in [0.15, 0.2) is 18.9 Å². The predicted octanol–water partition coefficient (Wildman–Crippen LogP) is -6.93. The Bertz CT molecular complexity index is 596. The summed E-state index contributed by atoms with van der Waals surface area (Å²) in [7, 11) is 0. The SMILES string of the molecule is O[C@@H]1[C@@H](O)[C@@H](O)O[C@H](CO[C@H]2O[C@H](CO[C@@H]3OC[C@@H](O)[C@H](O)[C@H]3O)[C@@H](O)[C@H](O)[C@H]2O)[C@H]1O. The second-order valence-corrected chi connectivity index (χ2v) is 7.97. The van der Waals surface area contributed by atoms with Crippen molar-refractivity contribution in [1.82, 2.24) is 0 Å². The van der Waals surface area contributed by atoms with Crippen molar-refractivity contribution < 1.29 is 74.7 Å². The third-order valence-electron chi connectivity index (χ3n) is 5.66. The molecule has 0 amide bonds. The number of hydrogen-bond acceptors (Lipinski definition) is 15. The van der Waals surface area contributed by atoms with Crippen molar-refractivity contribution in [3.05, 3.63) is 0 Å². The Labute approximate surface area is 181 Å². The molecule has 3 aliphatic heterocycles. The van der Waals surface area contributed by atoms with Crippen LogP contribution in [0.1, 0.15) is 0 Å². The van der Waals surface area contributed by atoms with Gasteiger partial charge in [0, 0.05) is 0 Å². The minimum Gasteiger partial charge on any atom is -0.388 e. The van der Waals surface area contributed by atoms with Crippen LogP contribution in [0.2, 0.25) is 0 Å². The van der Waals surface area contributed by atoms with Crippen LogP contribution in [0.4, 0.5) is 0 Å². The highest BCUT2D eigenvalue weighted by Gasteiger charge is 2.47. The van der Waals surface area contributed by atoms with E-state index >= 15 is 0 Å². The summed E-state index contributed by atoms with van der Waals surface area (Å²) >= 11 is 0. The average Bonchev–Trinajstić information content (AvgIpc) is 2.77. The van der Waals surface area contributed by atoms with E-state index in [0.717, 1.165) is 0 Å². The first-order valence-corrected chi connectivity index (χ1v) is 9.99. The second kappa shape index (κ2) is 10.8. The zero-order chi connectivity index (χ0) is 23.7. The molecule has 15 nitrogen and oxygen atoms in total. The topological polar surface area (TPSA) is 248 Å². The first kappa shape index (κ1) is 26.0. The van der Waals surface area contributed by atoms with Gasteiger partial charge in [0.2, 0.25) is 0 Å². The van der Waals surface area contributed by atoms with Crippen LogP contribution in [-0.2, 0) is 23.7 Å². The van der Waals surface area contributed by atoms with Crippen LogP contribution in [-0.4, -0.2) is 157 Å². The highest BCUT2D eigenvalue weighted by Crippen LogP contribution is 2.26. The van der Waals surface area contributed by atoms with E-state index in [-0.39, 0.29) is 6.61 Å². The molecule has 0 radical (unpaired) electrons. The van der Waals surface area contributed by atoms with Gasteiger partial charge in [0.05, 0.1) is 19.8 Å². The lowest BCUT2D eigenvalue weighted by Crippen LogP contribution is -2.62. The van der Waals surface area contributed by atoms with Gasteiger partial charge in [-0.3, -0.25) is 0 Å². The molecule has 32 heavy (non-hydrogen) atoms. The zero-order valence-corrected chi connectivity index (χ0v) is 16.7. The predicted molar refractivity (Wildman–Crippen MR) is 95.2 cm³/mol. The smallest absolute Gasteiger partial charge is 0.186 e. The van der Waals surface area contributed by atoms with Gasteiger partial charge in [-0.2, -0.15) is 0 Å². The minimum atomic E-state index is -1.80. The first-order chi connectivity index (χ1) is 15.0. The van der Waals surface area contributed by atoms with Crippen molar-refractivity contribution in [2.45, 2.75) is 86.0 Å². The molecule has 0 aromatic rings. The lowest BCUT2D eigenvalue weighted by molar-refractivity contribution is -0.335. The summed E-state index contributed by atoms with van der Waals surface area (Å²) in [5.41, 5.74) is 0. The van der Waals surface area contributed by atoms with E-state index in [1.807, 2.05) is 0 Å². The summed E-state index contributed by atoms with van der Waals surface area (Å²) in [6, 6.07) is 0. The highest BCUT2D eigenvalue weighted by atomic mass is 16.7. The number of ether oxygens (including phenoxy) is 5. The van der Waals surface area contributed by atoms with Crippen LogP contribution in [0.15, 0.2) is 0 Å². The van der Waals surface area contributed by atoms with Gasteiger partial charge in [0.1, 0.15) is 67.1 Å². The Morgan fingerprint density at radius 2 is 1.03 bits per heavy atom. The van der Waals surface area contributed by atoms with E-state index in [0.29, 0.717) is 0 Å². The Balaban J connectivity index is 1.56. The summed E-state index contributed by atoms with van der Waals surface area (Å²) in [6.45, 7) is -1.35. The number of aliphatic hydroxyl groups excluding tert-OH is 10. The van der Waals surface area contributed by atoms with Gasteiger partial charge in [-0.05, 0) is 0 Å². The summed E-state index contributed by atoms with van der Waals surface area (Å²) < 4.78 is 26.0. The lowest BCUT2D eigenvalue weighted by Gasteiger charge is -2.42. The molecule has 3 saturated heterocycles. The normalized spacial score (nSPS) is 52.7. The van der Waals surface area contributed by atoms with Gasteiger partial charge in [0.25, 0.3) is 0 Å². The number of rotatable bonds is 6. The Hall–Kier alpha value is -0.600. The maximum absolute atomic E-state index is 10.2. The van der Waals surface area contributed by atoms with Crippen molar-refractivity contribution >= 4 is 0 Å². The monoisotopic (exact) mass is 474 g/mol. The molecule has 0 spiro atoms. The molecule has 15 heteroatoms. The van der Waals surface area contributed by atoms with E-state index in [2.05, 4.69) is 0 Å². The van der Waals surface area contributed by atoms with E-state index in [1.54, 1.807) is 0 Å². The quantitative estimate of drug-likeness (QED) is 0.172. The fourth-order valence-corrected chi connectivity index (χ4v) is 3.57. The zero-order valence-electron chi connectivity index (χ0n) is 16.7. The van der Waals surface area contributed by atoms with Crippen LogP contribution < -0.4 is 0 Å². The molecule has 0 unspecified atom stereocenters. The van der Waals surface area contributed by atoms with Gasteiger partial charge in [-0.1, -0.05) is 0 Å². The molecule has 0 aliphatic carbocycles. The van der Waals surface area contributed by atoms with Crippen LogP contribution >= 0.6 is 0 Å². The molecular weight excluding hydrogens is 444 g/mol. The average molecular weight is 474 g/mol. The molecular formula is C17H30O15. The molecule has 14 atom stereocenters. The van der Waals surface area contributed by atoms with Gasteiger partial charge >= 0.3 is 0 Å². The molecule has 0 aromatic heterocycles. The van der Waals surface area contributed by atoms with Crippen LogP contribution in [0.3, 0.4) is 0 Å². The van der Waals surface area contributed by atoms with Gasteiger partial charge in [-0.15, -0.1) is 0 Å². The lowest BCUT2D eigenvalue weighted by atomic mass is 9.98. The van der Waals surface area contributed by atoms with Crippen molar-refractivity contribution in [2.75, 3.05) is 19.8 Å². The van der Waals surface area contributed by atoms with E-state index < -0.39 is 99.2 Å². The fraction of sp³-hybridized carbons (Fsp3) is 1.00. The molecule has 188 valence electrons. The van der Waals surface area contributed by atoms with E-state index in [1.165, 1.54) is 0 Å². The highest BCUT2D eigenvalue weighted by molar-refractivity contribution is 4.92. The van der Waals surface area contributed by atoms with Crippen LogP contribution in [0.25, 0.3) is 0 Å². The van der Waals surface area contributed by atoms with Crippen molar-refractivity contribution in [1.29, 1.82) is 0 Å². The molecule has 3 heterocycles. The van der Waals surface area contributed by atoms with Crippen LogP contribution in [0.5, 0.6) is 0 Å². The van der Waals surface area contributed by atoms with Gasteiger partial charge < -0.3 is 74.7 Å². The first-order valence-electron chi connectivity index (χ1n) is 9.99. The third-order valence-corrected chi connectivity index (χ3v) is 5.66. The van der Waals surface area contributed by atoms with Crippen LogP contribution in [0, 0.1) is 0 Å². The summed E-state index contributed by atoms with van der Waals surface area (Å²) in [5.74, 6) is 0. The summed E-state index contributed by atoms with van der Waals surface area (Å²) in [5, 5.41) is 98.1. The van der Waals surface area contributed by atoms with Crippen molar-refractivity contribution in [3.63, 3.8) is 0 Å². The number of hydrogen-bond donors (Lipinski definition) is 10. The van der Waals surface area contributed by atoms with Crippen molar-refractivity contribution in [3.8, 4) is 0 Å². The van der Waals surface area contributed by atoms with E-state index in [9.17, 15) is 51.1 Å². The standard InChI is InChI=1S/C17H30O15/c18-4-1-28-16(13(25)7(4)19)29-3-6-9(21)11(23)14(26)17(32-6)30-2-5-8(20)10(22)12(24)15(27)31-5/h4-27H,1-3H2/t4-,5-,6-,7+,8-,9-,10+,11+,12-,13-,14-,15+,16+,17+/m1/s1. The Morgan fingerprint density at radius 3 is 1.66 bits per heavy atom. The largest absolute Gasteiger partial charge is 0.388 e. The molecule has 0 saturated carbocycles. The second-order valence-electron chi connectivity index (χ2n) is 7.97. The maximum Gasteiger partial charge on any atom is 0.186 e. The minimum absolute atomic E-state index is 0.319. The molecule has 10 N–H and O–H groups in total. The summed E-state index contributed by atoms with van der Waals surface area (Å²) in [4.78, 5) is 0. The fourth-order valence-electron chi connectivity index (χ4n) is 3.57. The van der Waals surface area contributed by atoms with Crippen molar-refractivity contribution in [2.24, 2.45) is 0 Å².